The fourth-order valence-corrected chi connectivity index (χ4v) is 7.66. The number of hydrogen-bond acceptors (Lipinski definition) is 6. The van der Waals surface area contributed by atoms with E-state index in [0.717, 1.165) is 67.8 Å². The Morgan fingerprint density at radius 1 is 0.266 bits per heavy atom. The van der Waals surface area contributed by atoms with Gasteiger partial charge >= 0.3 is 0 Å². The number of rotatable bonds is 16. The van der Waals surface area contributed by atoms with Gasteiger partial charge in [0.05, 0.1) is 36.9 Å². The number of hydrogen-bond donors (Lipinski definition) is 0. The Bertz CT molecular complexity index is 2580. The molecule has 0 unspecified atom stereocenters. The molecule has 310 valence electrons. The minimum Gasteiger partial charge on any atom is -0.311 e. The van der Waals surface area contributed by atoms with Gasteiger partial charge in [0.25, 0.3) is 0 Å². The van der Waals surface area contributed by atoms with E-state index in [4.69, 9.17) is 10.2 Å². The van der Waals surface area contributed by atoms with E-state index in [2.05, 4.69) is 238 Å². The van der Waals surface area contributed by atoms with Gasteiger partial charge in [0.2, 0.25) is 0 Å². The van der Waals surface area contributed by atoms with Crippen LogP contribution in [0.1, 0.15) is 22.3 Å². The first kappa shape index (κ1) is 40.9. The summed E-state index contributed by atoms with van der Waals surface area (Å²) in [5.41, 5.74) is 12.9. The van der Waals surface area contributed by atoms with E-state index in [1.54, 1.807) is 0 Å². The number of hydrazone groups is 2. The Morgan fingerprint density at radius 2 is 0.531 bits per heavy atom. The molecule has 0 aromatic heterocycles. The summed E-state index contributed by atoms with van der Waals surface area (Å²) in [6.45, 7) is 1.18. The lowest BCUT2D eigenvalue weighted by Gasteiger charge is -2.25. The molecule has 9 rings (SSSR count). The van der Waals surface area contributed by atoms with Gasteiger partial charge in [-0.1, -0.05) is 158 Å². The average Bonchev–Trinajstić information content (AvgIpc) is 3.37. The zero-order valence-corrected chi connectivity index (χ0v) is 35.5. The molecule has 0 bridgehead atoms. The Hall–Kier alpha value is -8.48. The van der Waals surface area contributed by atoms with Gasteiger partial charge in [-0.2, -0.15) is 10.2 Å². The third-order valence-corrected chi connectivity index (χ3v) is 10.8. The number of anilines is 8. The van der Waals surface area contributed by atoms with Gasteiger partial charge in [-0.05, 0) is 119 Å². The lowest BCUT2D eigenvalue weighted by atomic mass is 10.1. The van der Waals surface area contributed by atoms with Gasteiger partial charge in [-0.15, -0.1) is 0 Å². The zero-order chi connectivity index (χ0) is 43.2. The molecule has 0 saturated heterocycles. The van der Waals surface area contributed by atoms with E-state index < -0.39 is 0 Å². The highest BCUT2D eigenvalue weighted by Crippen LogP contribution is 2.35. The molecular formula is C58H48N6. The molecule has 0 atom stereocenters. The van der Waals surface area contributed by atoms with E-state index >= 15 is 0 Å². The van der Waals surface area contributed by atoms with E-state index in [1.807, 2.05) is 48.8 Å². The summed E-state index contributed by atoms with van der Waals surface area (Å²) in [6, 6.07) is 88.3. The molecule has 6 heteroatoms. The minimum atomic E-state index is 0.589. The van der Waals surface area contributed by atoms with E-state index in [0.29, 0.717) is 13.1 Å². The molecule has 9 aromatic carbocycles. The van der Waals surface area contributed by atoms with Crippen LogP contribution in [0, 0.1) is 0 Å². The molecule has 0 radical (unpaired) electrons. The molecule has 9 aromatic rings. The maximum Gasteiger partial charge on any atom is 0.0666 e. The summed E-state index contributed by atoms with van der Waals surface area (Å²) in [4.78, 5) is 4.52. The topological polar surface area (TPSA) is 37.7 Å². The van der Waals surface area contributed by atoms with Crippen LogP contribution >= 0.6 is 0 Å². The minimum absolute atomic E-state index is 0.589. The van der Waals surface area contributed by atoms with Crippen molar-refractivity contribution >= 4 is 57.9 Å². The molecule has 0 spiro atoms. The molecule has 64 heavy (non-hydrogen) atoms. The summed E-state index contributed by atoms with van der Waals surface area (Å²) in [6.07, 6.45) is 3.88. The van der Waals surface area contributed by atoms with Crippen LogP contribution in [-0.4, -0.2) is 12.4 Å². The first-order valence-electron chi connectivity index (χ1n) is 21.6. The van der Waals surface area contributed by atoms with Crippen LogP contribution in [0.25, 0.3) is 0 Å². The number of para-hydroxylation sites is 6. The normalized spacial score (nSPS) is 11.1. The fourth-order valence-electron chi connectivity index (χ4n) is 7.66. The summed E-state index contributed by atoms with van der Waals surface area (Å²) in [5, 5.41) is 14.2. The third kappa shape index (κ3) is 10.3. The van der Waals surface area contributed by atoms with Gasteiger partial charge in [0.15, 0.2) is 0 Å². The van der Waals surface area contributed by atoms with E-state index in [-0.39, 0.29) is 0 Å². The van der Waals surface area contributed by atoms with Crippen molar-refractivity contribution in [3.8, 4) is 0 Å². The van der Waals surface area contributed by atoms with E-state index in [9.17, 15) is 0 Å². The van der Waals surface area contributed by atoms with Crippen LogP contribution in [0.5, 0.6) is 0 Å². The molecule has 6 nitrogen and oxygen atoms in total. The first-order chi connectivity index (χ1) is 31.7. The maximum atomic E-state index is 5.06. The van der Waals surface area contributed by atoms with Gasteiger partial charge < -0.3 is 9.80 Å². The van der Waals surface area contributed by atoms with Crippen molar-refractivity contribution in [3.63, 3.8) is 0 Å². The second-order valence-corrected chi connectivity index (χ2v) is 15.3. The second-order valence-electron chi connectivity index (χ2n) is 15.3. The highest BCUT2D eigenvalue weighted by Gasteiger charge is 2.14. The molecule has 0 saturated carbocycles. The van der Waals surface area contributed by atoms with Crippen molar-refractivity contribution in [1.82, 2.24) is 0 Å². The van der Waals surface area contributed by atoms with Gasteiger partial charge in [0.1, 0.15) is 0 Å². The van der Waals surface area contributed by atoms with Gasteiger partial charge in [-0.25, -0.2) is 0 Å². The van der Waals surface area contributed by atoms with Crippen molar-refractivity contribution in [3.05, 3.63) is 277 Å². The summed E-state index contributed by atoms with van der Waals surface area (Å²) >= 11 is 0. The third-order valence-electron chi connectivity index (χ3n) is 10.8. The Labute approximate surface area is 376 Å². The quantitative estimate of drug-likeness (QED) is 0.0718. The molecule has 0 aliphatic carbocycles. The Kier molecular flexibility index (Phi) is 13.0. The zero-order valence-electron chi connectivity index (χ0n) is 35.5. The summed E-state index contributed by atoms with van der Waals surface area (Å²) < 4.78 is 0. The summed E-state index contributed by atoms with van der Waals surface area (Å²) in [7, 11) is 0. The highest BCUT2D eigenvalue weighted by molar-refractivity contribution is 5.84. The van der Waals surface area contributed by atoms with Crippen LogP contribution in [0.3, 0.4) is 0 Å². The smallest absolute Gasteiger partial charge is 0.0666 e. The molecule has 0 heterocycles. The number of benzene rings is 9. The molecule has 0 amide bonds. The Balaban J connectivity index is 0.930. The molecule has 0 N–H and O–H groups in total. The fraction of sp³-hybridized carbons (Fsp3) is 0.0345. The monoisotopic (exact) mass is 828 g/mol. The average molecular weight is 829 g/mol. The standard InChI is InChI=1S/C58H48N6/c1-7-22-51(23-8-1)61(59-43-47-34-38-57(39-35-47)63(53-26-11-3-12-27-53)54-28-13-4-14-29-54)45-49-20-19-21-50(42-49)46-62(52-24-9-2-10-25-52)60-44-48-36-40-58(41-37-48)64(55-30-15-5-16-31-55)56-32-17-6-18-33-56/h1-44H,45-46H2/b59-43+,60-44+. The lowest BCUT2D eigenvalue weighted by Crippen LogP contribution is -2.18. The molecule has 0 aliphatic rings. The first-order valence-corrected chi connectivity index (χ1v) is 21.6. The SMILES string of the molecule is C(=N\N(Cc1cccc(CN(/N=C/c2ccc(N(c3ccccc3)c3ccccc3)cc2)c2ccccc2)c1)c1ccccc1)/c1ccc(N(c2ccccc2)c2ccccc2)cc1. The van der Waals surface area contributed by atoms with Crippen molar-refractivity contribution in [2.24, 2.45) is 10.2 Å². The van der Waals surface area contributed by atoms with Crippen molar-refractivity contribution in [2.45, 2.75) is 13.1 Å². The van der Waals surface area contributed by atoms with Crippen LogP contribution < -0.4 is 19.8 Å². The second kappa shape index (κ2) is 20.4. The predicted octanol–water partition coefficient (Wildman–Crippen LogP) is 14.7. The maximum absolute atomic E-state index is 5.06. The van der Waals surface area contributed by atoms with Crippen molar-refractivity contribution in [1.29, 1.82) is 0 Å². The van der Waals surface area contributed by atoms with Gasteiger partial charge in [0, 0.05) is 34.1 Å². The lowest BCUT2D eigenvalue weighted by molar-refractivity contribution is 0.839. The van der Waals surface area contributed by atoms with E-state index in [1.165, 1.54) is 0 Å². The molecule has 0 fully saturated rings. The largest absolute Gasteiger partial charge is 0.311 e. The Morgan fingerprint density at radius 3 is 0.828 bits per heavy atom. The van der Waals surface area contributed by atoms with Gasteiger partial charge in [-0.3, -0.25) is 10.0 Å². The van der Waals surface area contributed by atoms with Crippen LogP contribution in [-0.2, 0) is 13.1 Å². The predicted molar refractivity (Wildman–Crippen MR) is 269 cm³/mol. The highest BCUT2D eigenvalue weighted by atomic mass is 15.5. The van der Waals surface area contributed by atoms with Crippen LogP contribution in [0.15, 0.2) is 265 Å². The van der Waals surface area contributed by atoms with Crippen molar-refractivity contribution in [2.75, 3.05) is 19.8 Å². The van der Waals surface area contributed by atoms with Crippen LogP contribution in [0.4, 0.5) is 45.5 Å². The molecular weight excluding hydrogens is 781 g/mol. The van der Waals surface area contributed by atoms with Crippen LogP contribution in [0.2, 0.25) is 0 Å². The molecule has 0 aliphatic heterocycles. The van der Waals surface area contributed by atoms with Crippen molar-refractivity contribution < 1.29 is 0 Å². The number of nitrogens with zero attached hydrogens (tertiary/aromatic N) is 6. The summed E-state index contributed by atoms with van der Waals surface area (Å²) in [5.74, 6) is 0.